The van der Waals surface area contributed by atoms with Crippen molar-refractivity contribution in [2.24, 2.45) is 0 Å². The number of aliphatic hydroxyl groups excluding tert-OH is 1. The van der Waals surface area contributed by atoms with Crippen molar-refractivity contribution in [3.8, 4) is 17.2 Å². The Kier molecular flexibility index (Phi) is 2.34. The van der Waals surface area contributed by atoms with Crippen molar-refractivity contribution >= 4 is 0 Å². The first-order chi connectivity index (χ1) is 5.95. The van der Waals surface area contributed by atoms with Crippen molar-refractivity contribution in [1.82, 2.24) is 0 Å². The fourth-order valence-electron chi connectivity index (χ4n) is 1.19. The maximum atomic E-state index is 9.30. The van der Waals surface area contributed by atoms with E-state index in [4.69, 9.17) is 10.2 Å². The Morgan fingerprint density at radius 3 is 2.15 bits per heavy atom. The van der Waals surface area contributed by atoms with E-state index < -0.39 is 23.4 Å². The first-order valence-corrected chi connectivity index (χ1v) is 3.87. The van der Waals surface area contributed by atoms with Gasteiger partial charge in [0.15, 0.2) is 11.5 Å². The molecular formula is C9H12O4. The summed E-state index contributed by atoms with van der Waals surface area (Å²) in [6.07, 6.45) is -0.794. The van der Waals surface area contributed by atoms with E-state index in [1.807, 2.05) is 0 Å². The molecule has 0 aliphatic carbocycles. The van der Waals surface area contributed by atoms with Gasteiger partial charge in [-0.1, -0.05) is 0 Å². The van der Waals surface area contributed by atoms with Crippen LogP contribution in [0.15, 0.2) is 6.07 Å². The molecule has 4 nitrogen and oxygen atoms in total. The molecule has 1 atom stereocenters. The second-order valence-electron chi connectivity index (χ2n) is 2.98. The zero-order valence-corrected chi connectivity index (χ0v) is 7.44. The second kappa shape index (κ2) is 3.14. The first kappa shape index (κ1) is 9.67. The molecule has 0 aliphatic rings. The van der Waals surface area contributed by atoms with Crippen LogP contribution in [0.1, 0.15) is 24.2 Å². The van der Waals surface area contributed by atoms with E-state index in [0.29, 0.717) is 11.1 Å². The van der Waals surface area contributed by atoms with Gasteiger partial charge in [-0.3, -0.25) is 0 Å². The smallest absolute Gasteiger partial charge is 0.200 e. The summed E-state index contributed by atoms with van der Waals surface area (Å²) in [6, 6.07) is 1.23. The molecule has 1 rings (SSSR count). The van der Waals surface area contributed by atoms with Gasteiger partial charge in [-0.2, -0.15) is 0 Å². The minimum Gasteiger partial charge on any atom is -0.504 e. The third kappa shape index (κ3) is 1.53. The molecule has 1 aromatic carbocycles. The van der Waals surface area contributed by atoms with Gasteiger partial charge in [0.2, 0.25) is 5.75 Å². The highest BCUT2D eigenvalue weighted by atomic mass is 16.3. The van der Waals surface area contributed by atoms with Crippen molar-refractivity contribution in [1.29, 1.82) is 0 Å². The molecule has 0 heterocycles. The molecule has 0 fully saturated rings. The van der Waals surface area contributed by atoms with E-state index in [9.17, 15) is 10.2 Å². The molecule has 1 aromatic rings. The molecule has 1 unspecified atom stereocenters. The SMILES string of the molecule is Cc1c(C(C)O)cc(O)c(O)c1O. The summed E-state index contributed by atoms with van der Waals surface area (Å²) in [5, 5.41) is 36.8. The van der Waals surface area contributed by atoms with Crippen LogP contribution in [0.25, 0.3) is 0 Å². The first-order valence-electron chi connectivity index (χ1n) is 3.87. The maximum Gasteiger partial charge on any atom is 0.200 e. The molecule has 13 heavy (non-hydrogen) atoms. The lowest BCUT2D eigenvalue weighted by atomic mass is 10.0. The highest BCUT2D eigenvalue weighted by Gasteiger charge is 2.15. The van der Waals surface area contributed by atoms with Crippen LogP contribution in [0.3, 0.4) is 0 Å². The van der Waals surface area contributed by atoms with Gasteiger partial charge in [0.25, 0.3) is 0 Å². The van der Waals surface area contributed by atoms with Crippen molar-refractivity contribution in [3.63, 3.8) is 0 Å². The van der Waals surface area contributed by atoms with Gasteiger partial charge in [-0.25, -0.2) is 0 Å². The number of aliphatic hydroxyl groups is 1. The third-order valence-electron chi connectivity index (χ3n) is 2.00. The zero-order chi connectivity index (χ0) is 10.2. The quantitative estimate of drug-likeness (QED) is 0.494. The lowest BCUT2D eigenvalue weighted by Crippen LogP contribution is -1.95. The normalized spacial score (nSPS) is 12.8. The fourth-order valence-corrected chi connectivity index (χ4v) is 1.19. The molecular weight excluding hydrogens is 172 g/mol. The van der Waals surface area contributed by atoms with Crippen molar-refractivity contribution < 1.29 is 20.4 Å². The van der Waals surface area contributed by atoms with Crippen LogP contribution in [-0.4, -0.2) is 20.4 Å². The van der Waals surface area contributed by atoms with Crippen LogP contribution < -0.4 is 0 Å². The Hall–Kier alpha value is -1.42. The van der Waals surface area contributed by atoms with Gasteiger partial charge in [-0.05, 0) is 25.5 Å². The highest BCUT2D eigenvalue weighted by molar-refractivity contribution is 5.56. The van der Waals surface area contributed by atoms with Gasteiger partial charge in [0, 0.05) is 5.56 Å². The summed E-state index contributed by atoms with van der Waals surface area (Å²) in [7, 11) is 0. The zero-order valence-electron chi connectivity index (χ0n) is 7.44. The van der Waals surface area contributed by atoms with Gasteiger partial charge in [-0.15, -0.1) is 0 Å². The van der Waals surface area contributed by atoms with Crippen LogP contribution in [-0.2, 0) is 0 Å². The molecule has 0 aliphatic heterocycles. The summed E-state index contributed by atoms with van der Waals surface area (Å²) >= 11 is 0. The summed E-state index contributed by atoms with van der Waals surface area (Å²) in [6.45, 7) is 3.06. The predicted molar refractivity (Wildman–Crippen MR) is 46.8 cm³/mol. The largest absolute Gasteiger partial charge is 0.504 e. The predicted octanol–water partition coefficient (Wildman–Crippen LogP) is 1.17. The maximum absolute atomic E-state index is 9.30. The standard InChI is InChI=1S/C9H12O4/c1-4-6(5(2)10)3-7(11)9(13)8(4)12/h3,5,10-13H,1-2H3. The number of hydrogen-bond acceptors (Lipinski definition) is 4. The molecule has 0 radical (unpaired) electrons. The van der Waals surface area contributed by atoms with Crippen LogP contribution in [0.2, 0.25) is 0 Å². The Morgan fingerprint density at radius 1 is 1.15 bits per heavy atom. The molecule has 0 saturated carbocycles. The topological polar surface area (TPSA) is 80.9 Å². The minimum absolute atomic E-state index is 0.366. The van der Waals surface area contributed by atoms with Gasteiger partial charge in [0.1, 0.15) is 0 Å². The van der Waals surface area contributed by atoms with E-state index in [2.05, 4.69) is 0 Å². The number of hydrogen-bond donors (Lipinski definition) is 4. The molecule has 0 amide bonds. The average molecular weight is 184 g/mol. The molecule has 4 N–H and O–H groups in total. The Balaban J connectivity index is 3.41. The number of aromatic hydroxyl groups is 3. The van der Waals surface area contributed by atoms with E-state index >= 15 is 0 Å². The molecule has 0 aromatic heterocycles. The van der Waals surface area contributed by atoms with Gasteiger partial charge < -0.3 is 20.4 Å². The molecule has 4 heteroatoms. The Morgan fingerprint density at radius 2 is 1.69 bits per heavy atom. The molecule has 0 bridgehead atoms. The lowest BCUT2D eigenvalue weighted by Gasteiger charge is -2.12. The van der Waals surface area contributed by atoms with Crippen LogP contribution in [0.4, 0.5) is 0 Å². The van der Waals surface area contributed by atoms with E-state index in [1.54, 1.807) is 6.92 Å². The summed E-state index contributed by atoms with van der Waals surface area (Å²) in [5.41, 5.74) is 0.762. The van der Waals surface area contributed by atoms with Gasteiger partial charge in [0.05, 0.1) is 6.10 Å². The van der Waals surface area contributed by atoms with Crippen LogP contribution in [0.5, 0.6) is 17.2 Å². The van der Waals surface area contributed by atoms with Crippen molar-refractivity contribution in [3.05, 3.63) is 17.2 Å². The number of phenolic OH excluding ortho intramolecular Hbond substituents is 3. The number of phenols is 3. The van der Waals surface area contributed by atoms with Crippen molar-refractivity contribution in [2.45, 2.75) is 20.0 Å². The summed E-state index contributed by atoms with van der Waals surface area (Å²) < 4.78 is 0. The second-order valence-corrected chi connectivity index (χ2v) is 2.98. The van der Waals surface area contributed by atoms with Crippen molar-refractivity contribution in [2.75, 3.05) is 0 Å². The molecule has 72 valence electrons. The Labute approximate surface area is 75.7 Å². The fraction of sp³-hybridized carbons (Fsp3) is 0.333. The summed E-state index contributed by atoms with van der Waals surface area (Å²) in [4.78, 5) is 0. The Bertz CT molecular complexity index is 331. The van der Waals surface area contributed by atoms with E-state index in [0.717, 1.165) is 0 Å². The highest BCUT2D eigenvalue weighted by Crippen LogP contribution is 2.40. The third-order valence-corrected chi connectivity index (χ3v) is 2.00. The number of benzene rings is 1. The van der Waals surface area contributed by atoms with E-state index in [-0.39, 0.29) is 0 Å². The molecule has 0 spiro atoms. The van der Waals surface area contributed by atoms with E-state index in [1.165, 1.54) is 13.0 Å². The molecule has 0 saturated heterocycles. The average Bonchev–Trinajstić information content (AvgIpc) is 2.07. The monoisotopic (exact) mass is 184 g/mol. The van der Waals surface area contributed by atoms with Crippen LogP contribution in [0, 0.1) is 6.92 Å². The van der Waals surface area contributed by atoms with Crippen LogP contribution >= 0.6 is 0 Å². The van der Waals surface area contributed by atoms with Gasteiger partial charge >= 0.3 is 0 Å². The number of rotatable bonds is 1. The minimum atomic E-state index is -0.794. The summed E-state index contributed by atoms with van der Waals surface area (Å²) in [5.74, 6) is -1.38. The lowest BCUT2D eigenvalue weighted by molar-refractivity contribution is 0.197.